The third-order valence-corrected chi connectivity index (χ3v) is 3.35. The first kappa shape index (κ1) is 13.2. The molecule has 0 fully saturated rings. The first-order chi connectivity index (χ1) is 8.70. The van der Waals surface area contributed by atoms with Crippen LogP contribution in [0, 0.1) is 0 Å². The summed E-state index contributed by atoms with van der Waals surface area (Å²) in [5.41, 5.74) is 1.25. The number of benzene rings is 1. The Morgan fingerprint density at radius 3 is 2.50 bits per heavy atom. The molecule has 0 radical (unpaired) electrons. The van der Waals surface area contributed by atoms with E-state index in [1.54, 1.807) is 6.26 Å². The molecule has 1 aromatic carbocycles. The maximum Gasteiger partial charge on any atom is 0.120 e. The van der Waals surface area contributed by atoms with Gasteiger partial charge in [-0.1, -0.05) is 30.7 Å². The van der Waals surface area contributed by atoms with Crippen molar-refractivity contribution in [2.75, 3.05) is 0 Å². The van der Waals surface area contributed by atoms with Gasteiger partial charge >= 0.3 is 0 Å². The lowest BCUT2D eigenvalue weighted by Gasteiger charge is -2.21. The SMILES string of the molecule is CCC(NC(C)c1ccco1)c1ccc(Cl)cc1. The second-order valence-corrected chi connectivity index (χ2v) is 4.85. The minimum absolute atomic E-state index is 0.195. The highest BCUT2D eigenvalue weighted by Gasteiger charge is 2.15. The normalized spacial score (nSPS) is 14.4. The molecule has 18 heavy (non-hydrogen) atoms. The molecule has 0 aliphatic rings. The van der Waals surface area contributed by atoms with E-state index in [4.69, 9.17) is 16.0 Å². The lowest BCUT2D eigenvalue weighted by molar-refractivity contribution is 0.387. The minimum Gasteiger partial charge on any atom is -0.468 e. The van der Waals surface area contributed by atoms with E-state index in [9.17, 15) is 0 Å². The second-order valence-electron chi connectivity index (χ2n) is 4.42. The Hall–Kier alpha value is -1.25. The van der Waals surface area contributed by atoms with Gasteiger partial charge in [-0.15, -0.1) is 0 Å². The molecule has 0 bridgehead atoms. The summed E-state index contributed by atoms with van der Waals surface area (Å²) in [4.78, 5) is 0. The van der Waals surface area contributed by atoms with Crippen molar-refractivity contribution in [3.63, 3.8) is 0 Å². The van der Waals surface area contributed by atoms with Gasteiger partial charge in [0, 0.05) is 11.1 Å². The first-order valence-electron chi connectivity index (χ1n) is 6.25. The highest BCUT2D eigenvalue weighted by Crippen LogP contribution is 2.23. The largest absolute Gasteiger partial charge is 0.468 e. The summed E-state index contributed by atoms with van der Waals surface area (Å²) in [5, 5.41) is 4.34. The topological polar surface area (TPSA) is 25.2 Å². The van der Waals surface area contributed by atoms with Crippen LogP contribution >= 0.6 is 11.6 Å². The molecule has 96 valence electrons. The van der Waals surface area contributed by atoms with Gasteiger partial charge in [-0.05, 0) is 43.2 Å². The number of nitrogens with one attached hydrogen (secondary N) is 1. The number of hydrogen-bond acceptors (Lipinski definition) is 2. The molecular weight excluding hydrogens is 246 g/mol. The van der Waals surface area contributed by atoms with Crippen LogP contribution in [0.25, 0.3) is 0 Å². The van der Waals surface area contributed by atoms with Gasteiger partial charge in [0.05, 0.1) is 12.3 Å². The van der Waals surface area contributed by atoms with Crippen molar-refractivity contribution in [1.82, 2.24) is 5.32 Å². The molecule has 0 saturated carbocycles. The molecule has 2 rings (SSSR count). The quantitative estimate of drug-likeness (QED) is 0.843. The summed E-state index contributed by atoms with van der Waals surface area (Å²) in [5.74, 6) is 0.961. The van der Waals surface area contributed by atoms with Gasteiger partial charge in [-0.2, -0.15) is 0 Å². The fourth-order valence-electron chi connectivity index (χ4n) is 2.07. The van der Waals surface area contributed by atoms with Crippen LogP contribution in [0.4, 0.5) is 0 Å². The van der Waals surface area contributed by atoms with Gasteiger partial charge in [0.25, 0.3) is 0 Å². The number of rotatable bonds is 5. The fourth-order valence-corrected chi connectivity index (χ4v) is 2.19. The zero-order valence-corrected chi connectivity index (χ0v) is 11.4. The molecule has 0 aliphatic carbocycles. The Kier molecular flexibility index (Phi) is 4.45. The smallest absolute Gasteiger partial charge is 0.120 e. The molecule has 0 spiro atoms. The van der Waals surface area contributed by atoms with Gasteiger partial charge in [0.15, 0.2) is 0 Å². The van der Waals surface area contributed by atoms with E-state index in [1.807, 2.05) is 24.3 Å². The van der Waals surface area contributed by atoms with E-state index in [2.05, 4.69) is 31.3 Å². The summed E-state index contributed by atoms with van der Waals surface area (Å²) in [6, 6.07) is 12.4. The second kappa shape index (κ2) is 6.07. The monoisotopic (exact) mass is 263 g/mol. The molecular formula is C15H18ClNO. The summed E-state index contributed by atoms with van der Waals surface area (Å²) in [6.45, 7) is 4.28. The molecule has 0 saturated heterocycles. The standard InChI is InChI=1S/C15H18ClNO/c1-3-14(12-6-8-13(16)9-7-12)17-11(2)15-5-4-10-18-15/h4-11,14,17H,3H2,1-2H3. The molecule has 3 heteroatoms. The van der Waals surface area contributed by atoms with Crippen molar-refractivity contribution in [2.45, 2.75) is 32.4 Å². The molecule has 0 amide bonds. The zero-order chi connectivity index (χ0) is 13.0. The summed E-state index contributed by atoms with van der Waals surface area (Å²) < 4.78 is 5.41. The highest BCUT2D eigenvalue weighted by atomic mass is 35.5. The van der Waals surface area contributed by atoms with Crippen LogP contribution in [-0.2, 0) is 0 Å². The average molecular weight is 264 g/mol. The van der Waals surface area contributed by atoms with Crippen molar-refractivity contribution in [3.8, 4) is 0 Å². The van der Waals surface area contributed by atoms with Crippen LogP contribution in [0.1, 0.15) is 43.7 Å². The maximum atomic E-state index is 5.91. The van der Waals surface area contributed by atoms with E-state index < -0.39 is 0 Å². The molecule has 0 aliphatic heterocycles. The van der Waals surface area contributed by atoms with Crippen LogP contribution in [0.5, 0.6) is 0 Å². The van der Waals surface area contributed by atoms with E-state index in [0.717, 1.165) is 17.2 Å². The first-order valence-corrected chi connectivity index (χ1v) is 6.63. The predicted molar refractivity (Wildman–Crippen MR) is 74.7 cm³/mol. The highest BCUT2D eigenvalue weighted by molar-refractivity contribution is 6.30. The maximum absolute atomic E-state index is 5.91. The molecule has 1 N–H and O–H groups in total. The summed E-state index contributed by atoms with van der Waals surface area (Å²) in [6.07, 6.45) is 2.73. The van der Waals surface area contributed by atoms with Crippen molar-refractivity contribution >= 4 is 11.6 Å². The molecule has 1 aromatic heterocycles. The van der Waals surface area contributed by atoms with Gasteiger partial charge < -0.3 is 9.73 Å². The fraction of sp³-hybridized carbons (Fsp3) is 0.333. The minimum atomic E-state index is 0.195. The van der Waals surface area contributed by atoms with Gasteiger partial charge in [-0.3, -0.25) is 0 Å². The number of hydrogen-bond donors (Lipinski definition) is 1. The van der Waals surface area contributed by atoms with Gasteiger partial charge in [0.2, 0.25) is 0 Å². The molecule has 2 aromatic rings. The third kappa shape index (κ3) is 3.15. The summed E-state index contributed by atoms with van der Waals surface area (Å²) in [7, 11) is 0. The lowest BCUT2D eigenvalue weighted by atomic mass is 10.0. The van der Waals surface area contributed by atoms with E-state index in [0.29, 0.717) is 6.04 Å². The predicted octanol–water partition coefficient (Wildman–Crippen LogP) is 4.73. The Balaban J connectivity index is 2.07. The van der Waals surface area contributed by atoms with Gasteiger partial charge in [0.1, 0.15) is 5.76 Å². The van der Waals surface area contributed by atoms with Crippen molar-refractivity contribution in [2.24, 2.45) is 0 Å². The molecule has 2 unspecified atom stereocenters. The molecule has 2 atom stereocenters. The van der Waals surface area contributed by atoms with Crippen molar-refractivity contribution < 1.29 is 4.42 Å². The Bertz CT molecular complexity index is 464. The van der Waals surface area contributed by atoms with Crippen molar-refractivity contribution in [3.05, 3.63) is 59.0 Å². The van der Waals surface area contributed by atoms with Crippen LogP contribution in [0.2, 0.25) is 5.02 Å². The van der Waals surface area contributed by atoms with Gasteiger partial charge in [-0.25, -0.2) is 0 Å². The Morgan fingerprint density at radius 2 is 1.94 bits per heavy atom. The van der Waals surface area contributed by atoms with E-state index >= 15 is 0 Å². The van der Waals surface area contributed by atoms with Crippen LogP contribution in [0.15, 0.2) is 47.1 Å². The van der Waals surface area contributed by atoms with Crippen LogP contribution in [-0.4, -0.2) is 0 Å². The summed E-state index contributed by atoms with van der Waals surface area (Å²) >= 11 is 5.91. The van der Waals surface area contributed by atoms with Crippen LogP contribution < -0.4 is 5.32 Å². The van der Waals surface area contributed by atoms with Crippen molar-refractivity contribution in [1.29, 1.82) is 0 Å². The van der Waals surface area contributed by atoms with E-state index in [1.165, 1.54) is 5.56 Å². The lowest BCUT2D eigenvalue weighted by Crippen LogP contribution is -2.23. The van der Waals surface area contributed by atoms with E-state index in [-0.39, 0.29) is 6.04 Å². The Morgan fingerprint density at radius 1 is 1.22 bits per heavy atom. The molecule has 1 heterocycles. The van der Waals surface area contributed by atoms with Crippen LogP contribution in [0.3, 0.4) is 0 Å². The number of furan rings is 1. The third-order valence-electron chi connectivity index (χ3n) is 3.10. The molecule has 2 nitrogen and oxygen atoms in total. The zero-order valence-electron chi connectivity index (χ0n) is 10.7. The average Bonchev–Trinajstić information content (AvgIpc) is 2.91. The number of halogens is 1. The Labute approximate surface area is 113 Å².